The van der Waals surface area contributed by atoms with Crippen LogP contribution in [0.1, 0.15) is 28.3 Å². The van der Waals surface area contributed by atoms with E-state index in [-0.39, 0.29) is 11.9 Å². The summed E-state index contributed by atoms with van der Waals surface area (Å²) in [6, 6.07) is 10.9. The Hall–Kier alpha value is -1.19. The standard InChI is InChI=1S/C15H15BrFN/c1-9-5-10(2)7-12(6-9)15(18)11-3-4-13(16)14(17)8-11/h3-8,15H,18H2,1-2H3. The highest BCUT2D eigenvalue weighted by Gasteiger charge is 2.11. The van der Waals surface area contributed by atoms with Gasteiger partial charge in [0.05, 0.1) is 10.5 Å². The van der Waals surface area contributed by atoms with Crippen molar-refractivity contribution in [2.75, 3.05) is 0 Å². The second kappa shape index (κ2) is 5.21. The lowest BCUT2D eigenvalue weighted by Gasteiger charge is -2.14. The van der Waals surface area contributed by atoms with E-state index in [0.717, 1.165) is 22.3 Å². The van der Waals surface area contributed by atoms with Crippen LogP contribution in [0.4, 0.5) is 4.39 Å². The first-order valence-corrected chi connectivity index (χ1v) is 6.55. The molecule has 18 heavy (non-hydrogen) atoms. The zero-order valence-corrected chi connectivity index (χ0v) is 12.0. The second-order valence-corrected chi connectivity index (χ2v) is 5.43. The molecule has 1 unspecified atom stereocenters. The number of halogens is 2. The molecule has 0 fully saturated rings. The van der Waals surface area contributed by atoms with Crippen molar-refractivity contribution in [2.24, 2.45) is 5.73 Å². The summed E-state index contributed by atoms with van der Waals surface area (Å²) in [7, 11) is 0. The summed E-state index contributed by atoms with van der Waals surface area (Å²) in [5.41, 5.74) is 10.3. The average molecular weight is 308 g/mol. The fourth-order valence-corrected chi connectivity index (χ4v) is 2.33. The molecule has 1 atom stereocenters. The van der Waals surface area contributed by atoms with Gasteiger partial charge in [-0.15, -0.1) is 0 Å². The first-order valence-electron chi connectivity index (χ1n) is 5.76. The zero-order valence-electron chi connectivity index (χ0n) is 10.4. The minimum absolute atomic E-state index is 0.285. The number of aryl methyl sites for hydroxylation is 2. The molecule has 0 aliphatic carbocycles. The lowest BCUT2D eigenvalue weighted by atomic mass is 9.96. The van der Waals surface area contributed by atoms with E-state index in [1.165, 1.54) is 6.07 Å². The van der Waals surface area contributed by atoms with E-state index in [0.29, 0.717) is 4.47 Å². The van der Waals surface area contributed by atoms with E-state index in [2.05, 4.69) is 22.0 Å². The van der Waals surface area contributed by atoms with Gasteiger partial charge in [0.2, 0.25) is 0 Å². The Labute approximate surface area is 115 Å². The van der Waals surface area contributed by atoms with Gasteiger partial charge in [-0.25, -0.2) is 4.39 Å². The van der Waals surface area contributed by atoms with Crippen LogP contribution in [0.25, 0.3) is 0 Å². The molecule has 0 aromatic heterocycles. The zero-order chi connectivity index (χ0) is 13.3. The normalized spacial score (nSPS) is 12.5. The van der Waals surface area contributed by atoms with Crippen molar-refractivity contribution in [2.45, 2.75) is 19.9 Å². The van der Waals surface area contributed by atoms with Crippen LogP contribution < -0.4 is 5.73 Å². The summed E-state index contributed by atoms with van der Waals surface area (Å²) >= 11 is 3.14. The third-order valence-electron chi connectivity index (χ3n) is 2.91. The molecular formula is C15H15BrFN. The molecule has 0 radical (unpaired) electrons. The maximum atomic E-state index is 13.5. The van der Waals surface area contributed by atoms with Gasteiger partial charge < -0.3 is 5.73 Å². The van der Waals surface area contributed by atoms with Gasteiger partial charge in [-0.2, -0.15) is 0 Å². The maximum absolute atomic E-state index is 13.5. The summed E-state index contributed by atoms with van der Waals surface area (Å²) in [4.78, 5) is 0. The minimum Gasteiger partial charge on any atom is -0.320 e. The third-order valence-corrected chi connectivity index (χ3v) is 3.55. The van der Waals surface area contributed by atoms with E-state index in [9.17, 15) is 4.39 Å². The van der Waals surface area contributed by atoms with E-state index in [1.807, 2.05) is 32.0 Å². The van der Waals surface area contributed by atoms with E-state index in [1.54, 1.807) is 6.07 Å². The molecule has 2 aromatic carbocycles. The first kappa shape index (κ1) is 13.2. The van der Waals surface area contributed by atoms with Gasteiger partial charge in [-0.05, 0) is 53.0 Å². The fraction of sp³-hybridized carbons (Fsp3) is 0.200. The highest BCUT2D eigenvalue weighted by Crippen LogP contribution is 2.25. The topological polar surface area (TPSA) is 26.0 Å². The molecule has 0 saturated heterocycles. The molecule has 94 valence electrons. The molecule has 0 amide bonds. The molecule has 0 aliphatic rings. The quantitative estimate of drug-likeness (QED) is 0.881. The number of rotatable bonds is 2. The van der Waals surface area contributed by atoms with Crippen LogP contribution in [0, 0.1) is 19.7 Å². The molecule has 2 rings (SSSR count). The van der Waals surface area contributed by atoms with Crippen molar-refractivity contribution in [1.82, 2.24) is 0 Å². The lowest BCUT2D eigenvalue weighted by Crippen LogP contribution is -2.12. The van der Waals surface area contributed by atoms with Gasteiger partial charge in [-0.3, -0.25) is 0 Å². The fourth-order valence-electron chi connectivity index (χ4n) is 2.09. The summed E-state index contributed by atoms with van der Waals surface area (Å²) in [5, 5.41) is 0. The molecule has 0 saturated carbocycles. The molecule has 2 N–H and O–H groups in total. The predicted molar refractivity (Wildman–Crippen MR) is 76.0 cm³/mol. The smallest absolute Gasteiger partial charge is 0.137 e. The summed E-state index contributed by atoms with van der Waals surface area (Å²) < 4.78 is 14.0. The monoisotopic (exact) mass is 307 g/mol. The Kier molecular flexibility index (Phi) is 3.83. The van der Waals surface area contributed by atoms with Crippen LogP contribution in [0.5, 0.6) is 0 Å². The van der Waals surface area contributed by atoms with Crippen LogP contribution in [0.2, 0.25) is 0 Å². The summed E-state index contributed by atoms with van der Waals surface area (Å²) in [6.07, 6.45) is 0. The molecular weight excluding hydrogens is 293 g/mol. The van der Waals surface area contributed by atoms with Crippen molar-refractivity contribution in [3.63, 3.8) is 0 Å². The Morgan fingerprint density at radius 1 is 1.00 bits per heavy atom. The Balaban J connectivity index is 2.40. The van der Waals surface area contributed by atoms with Gasteiger partial charge in [0.25, 0.3) is 0 Å². The van der Waals surface area contributed by atoms with E-state index < -0.39 is 0 Å². The third kappa shape index (κ3) is 2.79. The van der Waals surface area contributed by atoms with E-state index >= 15 is 0 Å². The summed E-state index contributed by atoms with van der Waals surface area (Å²) in [6.45, 7) is 4.07. The molecule has 3 heteroatoms. The summed E-state index contributed by atoms with van der Waals surface area (Å²) in [5.74, 6) is -0.285. The van der Waals surface area contributed by atoms with Gasteiger partial charge in [0.15, 0.2) is 0 Å². The van der Waals surface area contributed by atoms with Gasteiger partial charge >= 0.3 is 0 Å². The molecule has 0 bridgehead atoms. The Morgan fingerprint density at radius 2 is 1.61 bits per heavy atom. The minimum atomic E-state index is -0.300. The highest BCUT2D eigenvalue weighted by molar-refractivity contribution is 9.10. The number of hydrogen-bond acceptors (Lipinski definition) is 1. The SMILES string of the molecule is Cc1cc(C)cc(C(N)c2ccc(Br)c(F)c2)c1. The van der Waals surface area contributed by atoms with Crippen molar-refractivity contribution in [3.05, 3.63) is 68.9 Å². The molecule has 2 aromatic rings. The highest BCUT2D eigenvalue weighted by atomic mass is 79.9. The van der Waals surface area contributed by atoms with Crippen LogP contribution in [0.15, 0.2) is 40.9 Å². The van der Waals surface area contributed by atoms with Crippen molar-refractivity contribution >= 4 is 15.9 Å². The largest absolute Gasteiger partial charge is 0.320 e. The predicted octanol–water partition coefficient (Wildman–Crippen LogP) is 4.25. The van der Waals surface area contributed by atoms with Gasteiger partial charge in [0.1, 0.15) is 5.82 Å². The van der Waals surface area contributed by atoms with Gasteiger partial charge in [-0.1, -0.05) is 35.4 Å². The van der Waals surface area contributed by atoms with E-state index in [4.69, 9.17) is 5.73 Å². The second-order valence-electron chi connectivity index (χ2n) is 4.57. The van der Waals surface area contributed by atoms with Crippen molar-refractivity contribution < 1.29 is 4.39 Å². The molecule has 0 heterocycles. The number of benzene rings is 2. The van der Waals surface area contributed by atoms with Crippen LogP contribution in [0.3, 0.4) is 0 Å². The maximum Gasteiger partial charge on any atom is 0.137 e. The van der Waals surface area contributed by atoms with Crippen LogP contribution >= 0.6 is 15.9 Å². The van der Waals surface area contributed by atoms with Crippen LogP contribution in [-0.2, 0) is 0 Å². The first-order chi connectivity index (χ1) is 8.47. The lowest BCUT2D eigenvalue weighted by molar-refractivity contribution is 0.617. The Bertz CT molecular complexity index is 560. The number of nitrogens with two attached hydrogens (primary N) is 1. The Morgan fingerprint density at radius 3 is 2.17 bits per heavy atom. The van der Waals surface area contributed by atoms with Gasteiger partial charge in [0, 0.05) is 0 Å². The molecule has 0 aliphatic heterocycles. The van der Waals surface area contributed by atoms with Crippen LogP contribution in [-0.4, -0.2) is 0 Å². The average Bonchev–Trinajstić information content (AvgIpc) is 2.30. The number of hydrogen-bond donors (Lipinski definition) is 1. The molecule has 0 spiro atoms. The van der Waals surface area contributed by atoms with Crippen molar-refractivity contribution in [1.29, 1.82) is 0 Å². The van der Waals surface area contributed by atoms with Crippen molar-refractivity contribution in [3.8, 4) is 0 Å². The molecule has 1 nitrogen and oxygen atoms in total.